The van der Waals surface area contributed by atoms with Crippen molar-refractivity contribution >= 4 is 33.5 Å². The van der Waals surface area contributed by atoms with Crippen LogP contribution in [0.15, 0.2) is 59.6 Å². The van der Waals surface area contributed by atoms with Crippen LogP contribution in [0.2, 0.25) is 0 Å². The molecule has 0 aliphatic rings. The zero-order valence-corrected chi connectivity index (χ0v) is 14.5. The Kier molecular flexibility index (Phi) is 5.53. The van der Waals surface area contributed by atoms with Gasteiger partial charge < -0.3 is 9.30 Å². The molecule has 0 aliphatic heterocycles. The van der Waals surface area contributed by atoms with Gasteiger partial charge in [0, 0.05) is 19.7 Å². The van der Waals surface area contributed by atoms with E-state index in [-0.39, 0.29) is 11.7 Å². The molecular weight excluding hydrogens is 339 g/mol. The molecule has 0 radical (unpaired) electrons. The molecule has 0 spiro atoms. The van der Waals surface area contributed by atoms with E-state index in [2.05, 4.69) is 4.99 Å². The summed E-state index contributed by atoms with van der Waals surface area (Å²) in [4.78, 5) is 16.8. The average molecular weight is 356 g/mol. The van der Waals surface area contributed by atoms with Gasteiger partial charge in [0.05, 0.1) is 16.8 Å². The Morgan fingerprint density at radius 2 is 2.04 bits per heavy atom. The minimum absolute atomic E-state index is 0.335. The number of para-hydroxylation sites is 1. The normalized spacial score (nSPS) is 12.3. The monoisotopic (exact) mass is 356 g/mol. The van der Waals surface area contributed by atoms with E-state index in [1.54, 1.807) is 23.8 Å². The maximum Gasteiger partial charge on any atom is 0.272 e. The van der Waals surface area contributed by atoms with E-state index in [1.807, 2.05) is 36.4 Å². The second kappa shape index (κ2) is 8.00. The zero-order chi connectivity index (χ0) is 17.6. The molecule has 0 fully saturated rings. The lowest BCUT2D eigenvalue weighted by molar-refractivity contribution is -0.113. The first-order valence-corrected chi connectivity index (χ1v) is 8.59. The third kappa shape index (κ3) is 4.10. The van der Waals surface area contributed by atoms with Crippen LogP contribution in [0.1, 0.15) is 5.56 Å². The fraction of sp³-hybridized carbons (Fsp3) is 0.158. The molecule has 0 atom stereocenters. The van der Waals surface area contributed by atoms with Crippen LogP contribution in [0.4, 0.5) is 4.39 Å². The Balaban J connectivity index is 1.99. The van der Waals surface area contributed by atoms with E-state index < -0.39 is 0 Å². The van der Waals surface area contributed by atoms with Crippen molar-refractivity contribution < 1.29 is 13.9 Å². The number of benzene rings is 2. The summed E-state index contributed by atoms with van der Waals surface area (Å²) in [6.45, 7) is 0.827. The van der Waals surface area contributed by atoms with Gasteiger partial charge in [0.25, 0.3) is 5.91 Å². The molecule has 1 heterocycles. The van der Waals surface area contributed by atoms with Crippen LogP contribution in [-0.2, 0) is 16.1 Å². The van der Waals surface area contributed by atoms with Crippen molar-refractivity contribution in [3.63, 3.8) is 0 Å². The lowest BCUT2D eigenvalue weighted by Crippen LogP contribution is -2.19. The van der Waals surface area contributed by atoms with E-state index in [0.29, 0.717) is 23.5 Å². The Hall–Kier alpha value is -2.57. The molecular formula is C19H17FN2O2S. The van der Waals surface area contributed by atoms with Gasteiger partial charge in [-0.1, -0.05) is 47.7 Å². The molecule has 0 saturated heterocycles. The number of carbonyl (C=O) groups is 1. The second-order valence-electron chi connectivity index (χ2n) is 5.31. The lowest BCUT2D eigenvalue weighted by atomic mass is 10.2. The molecule has 0 bridgehead atoms. The molecule has 0 unspecified atom stereocenters. The number of thiazole rings is 1. The third-order valence-corrected chi connectivity index (χ3v) is 4.64. The van der Waals surface area contributed by atoms with Crippen LogP contribution in [0.5, 0.6) is 0 Å². The highest BCUT2D eigenvalue weighted by Crippen LogP contribution is 2.20. The fourth-order valence-corrected chi connectivity index (χ4v) is 3.50. The van der Waals surface area contributed by atoms with Crippen LogP contribution < -0.4 is 4.80 Å². The molecule has 4 nitrogen and oxygen atoms in total. The standard InChI is InChI=1S/C19H17FN2O2S/c1-24-13-12-22-18-15(20)8-5-9-16(18)25-19(22)21-17(23)11-10-14-6-3-2-4-7-14/h2-11H,12-13H2,1H3/b11-10+,21-19?. The highest BCUT2D eigenvalue weighted by atomic mass is 32.1. The van der Waals surface area contributed by atoms with Crippen molar-refractivity contribution in [3.05, 3.63) is 70.8 Å². The Labute approximate surface area is 148 Å². The predicted octanol–water partition coefficient (Wildman–Crippen LogP) is 3.63. The summed E-state index contributed by atoms with van der Waals surface area (Å²) in [5.74, 6) is -0.722. The second-order valence-corrected chi connectivity index (χ2v) is 6.32. The van der Waals surface area contributed by atoms with Gasteiger partial charge in [-0.25, -0.2) is 4.39 Å². The molecule has 0 aliphatic carbocycles. The number of hydrogen-bond donors (Lipinski definition) is 0. The van der Waals surface area contributed by atoms with Crippen LogP contribution in [0, 0.1) is 5.82 Å². The summed E-state index contributed by atoms with van der Waals surface area (Å²) in [6.07, 6.45) is 3.12. The highest BCUT2D eigenvalue weighted by molar-refractivity contribution is 7.16. The van der Waals surface area contributed by atoms with E-state index >= 15 is 0 Å². The topological polar surface area (TPSA) is 43.6 Å². The molecule has 6 heteroatoms. The molecule has 128 valence electrons. The summed E-state index contributed by atoms with van der Waals surface area (Å²) in [7, 11) is 1.58. The van der Waals surface area contributed by atoms with Gasteiger partial charge in [0.15, 0.2) is 4.80 Å². The zero-order valence-electron chi connectivity index (χ0n) is 13.7. The summed E-state index contributed by atoms with van der Waals surface area (Å²) in [5, 5.41) is 0. The maximum atomic E-state index is 14.2. The average Bonchev–Trinajstić information content (AvgIpc) is 2.97. The first kappa shape index (κ1) is 17.3. The third-order valence-electron chi connectivity index (χ3n) is 3.59. The summed E-state index contributed by atoms with van der Waals surface area (Å²) in [5.41, 5.74) is 1.36. The maximum absolute atomic E-state index is 14.2. The molecule has 0 saturated carbocycles. The number of amides is 1. The van der Waals surface area contributed by atoms with E-state index in [4.69, 9.17) is 4.74 Å². The first-order valence-electron chi connectivity index (χ1n) is 7.77. The van der Waals surface area contributed by atoms with E-state index in [1.165, 1.54) is 23.5 Å². The number of nitrogens with zero attached hydrogens (tertiary/aromatic N) is 2. The summed E-state index contributed by atoms with van der Waals surface area (Å²) < 4.78 is 21.7. The van der Waals surface area contributed by atoms with E-state index in [9.17, 15) is 9.18 Å². The van der Waals surface area contributed by atoms with Gasteiger partial charge in [-0.3, -0.25) is 4.79 Å². The minimum atomic E-state index is -0.387. The number of methoxy groups -OCH3 is 1. The molecule has 25 heavy (non-hydrogen) atoms. The highest BCUT2D eigenvalue weighted by Gasteiger charge is 2.11. The number of rotatable bonds is 5. The van der Waals surface area contributed by atoms with Gasteiger partial charge in [0.2, 0.25) is 0 Å². The van der Waals surface area contributed by atoms with Crippen molar-refractivity contribution in [2.24, 2.45) is 4.99 Å². The quantitative estimate of drug-likeness (QED) is 0.655. The van der Waals surface area contributed by atoms with Gasteiger partial charge in [-0.05, 0) is 23.8 Å². The van der Waals surface area contributed by atoms with Crippen LogP contribution >= 0.6 is 11.3 Å². The largest absolute Gasteiger partial charge is 0.383 e. The van der Waals surface area contributed by atoms with E-state index in [0.717, 1.165) is 10.3 Å². The Bertz CT molecular complexity index is 974. The number of ether oxygens (including phenoxy) is 1. The number of hydrogen-bond acceptors (Lipinski definition) is 3. The van der Waals surface area contributed by atoms with Crippen molar-refractivity contribution in [2.75, 3.05) is 13.7 Å². The van der Waals surface area contributed by atoms with Crippen LogP contribution in [0.3, 0.4) is 0 Å². The number of aromatic nitrogens is 1. The molecule has 3 aromatic rings. The molecule has 1 aromatic heterocycles. The lowest BCUT2D eigenvalue weighted by Gasteiger charge is -2.04. The molecule has 3 rings (SSSR count). The summed E-state index contributed by atoms with van der Waals surface area (Å²) >= 11 is 1.28. The van der Waals surface area contributed by atoms with Crippen LogP contribution in [-0.4, -0.2) is 24.2 Å². The Morgan fingerprint density at radius 1 is 1.24 bits per heavy atom. The smallest absolute Gasteiger partial charge is 0.272 e. The minimum Gasteiger partial charge on any atom is -0.383 e. The van der Waals surface area contributed by atoms with Crippen molar-refractivity contribution in [1.82, 2.24) is 4.57 Å². The predicted molar refractivity (Wildman–Crippen MR) is 97.7 cm³/mol. The molecule has 1 amide bonds. The number of carbonyl (C=O) groups excluding carboxylic acids is 1. The van der Waals surface area contributed by atoms with Crippen molar-refractivity contribution in [2.45, 2.75) is 6.54 Å². The van der Waals surface area contributed by atoms with Crippen molar-refractivity contribution in [1.29, 1.82) is 0 Å². The van der Waals surface area contributed by atoms with Crippen molar-refractivity contribution in [3.8, 4) is 0 Å². The Morgan fingerprint density at radius 3 is 2.80 bits per heavy atom. The number of fused-ring (bicyclic) bond motifs is 1. The van der Waals surface area contributed by atoms with Gasteiger partial charge in [0.1, 0.15) is 5.82 Å². The fourth-order valence-electron chi connectivity index (χ4n) is 2.43. The molecule has 0 N–H and O–H groups in total. The van der Waals surface area contributed by atoms with Gasteiger partial charge in [-0.2, -0.15) is 4.99 Å². The van der Waals surface area contributed by atoms with Gasteiger partial charge >= 0.3 is 0 Å². The summed E-state index contributed by atoms with van der Waals surface area (Å²) in [6, 6.07) is 14.4. The first-order chi connectivity index (χ1) is 12.2. The number of halogens is 1. The van der Waals surface area contributed by atoms with Crippen LogP contribution in [0.25, 0.3) is 16.3 Å². The molecule has 2 aromatic carbocycles. The van der Waals surface area contributed by atoms with Gasteiger partial charge in [-0.15, -0.1) is 0 Å². The SMILES string of the molecule is COCCn1c(=NC(=O)/C=C/c2ccccc2)sc2cccc(F)c21.